The minimum Gasteiger partial charge on any atom is -0.507 e. The Balaban J connectivity index is 1.07. The van der Waals surface area contributed by atoms with Crippen LogP contribution in [0.15, 0.2) is 66.7 Å². The molecular formula is C42H39NO13. The summed E-state index contributed by atoms with van der Waals surface area (Å²) in [6, 6.07) is 19.1. The van der Waals surface area contributed by atoms with E-state index in [-0.39, 0.29) is 46.9 Å². The zero-order chi connectivity index (χ0) is 39.6. The van der Waals surface area contributed by atoms with Crippen LogP contribution < -0.4 is 10.1 Å². The SMILES string of the molecule is COc1cccc2c1C(=O)c1c(O)c3c(c(O)c1C2=O)C[C@@](O)(C(=O)CO)C[C@@H]3OC1CC(NC(=O)OCC2c3ccccc3-c3ccccc32)C(O)C(C)O1. The van der Waals surface area contributed by atoms with Gasteiger partial charge in [0.25, 0.3) is 0 Å². The number of carbonyl (C=O) groups is 4. The van der Waals surface area contributed by atoms with Gasteiger partial charge in [0, 0.05) is 41.9 Å². The molecular weight excluding hydrogens is 726 g/mol. The topological polar surface area (TPSA) is 218 Å². The summed E-state index contributed by atoms with van der Waals surface area (Å²) in [5.41, 5.74) is 0.147. The van der Waals surface area contributed by atoms with E-state index in [1.165, 1.54) is 25.3 Å². The van der Waals surface area contributed by atoms with E-state index in [0.717, 1.165) is 22.3 Å². The summed E-state index contributed by atoms with van der Waals surface area (Å²) < 4.78 is 23.3. The Kier molecular flexibility index (Phi) is 9.42. The molecule has 4 aliphatic rings. The standard InChI is InChI=1S/C42H39NO13/c1-19-36(46)27(43-41(51)54-18-26-22-10-5-3-8-20(22)21-9-4-6-11-23(21)26)14-31(55-19)56-29-16-42(52,30(45)17-44)15-25-33(29)40(50)35-34(38(25)48)37(47)24-12-7-13-28(53-2)32(24)39(35)49/h3-13,19,26-27,29,31,36,44,46,48,50,52H,14-18H2,1-2H3,(H,43,51)/t19?,27?,29-,31?,36?,42-/m0/s1. The maximum Gasteiger partial charge on any atom is 0.407 e. The first-order valence-electron chi connectivity index (χ1n) is 18.2. The molecule has 56 heavy (non-hydrogen) atoms. The quantitative estimate of drug-likeness (QED) is 0.125. The number of hydrogen-bond donors (Lipinski definition) is 6. The smallest absolute Gasteiger partial charge is 0.407 e. The minimum atomic E-state index is -2.34. The highest BCUT2D eigenvalue weighted by Gasteiger charge is 2.50. The van der Waals surface area contributed by atoms with Crippen molar-refractivity contribution in [2.75, 3.05) is 20.3 Å². The van der Waals surface area contributed by atoms with Crippen LogP contribution in [0.3, 0.4) is 0 Å². The van der Waals surface area contributed by atoms with Crippen molar-refractivity contribution in [1.29, 1.82) is 0 Å². The molecule has 4 aromatic carbocycles. The number of aliphatic hydroxyl groups excluding tert-OH is 2. The lowest BCUT2D eigenvalue weighted by Gasteiger charge is -2.42. The number of methoxy groups -OCH3 is 1. The van der Waals surface area contributed by atoms with Crippen LogP contribution >= 0.6 is 0 Å². The van der Waals surface area contributed by atoms with Gasteiger partial charge in [-0.3, -0.25) is 14.4 Å². The summed E-state index contributed by atoms with van der Waals surface area (Å²) in [5, 5.41) is 58.6. The number of phenols is 2. The fraction of sp³-hybridized carbons (Fsp3) is 0.333. The second-order valence-electron chi connectivity index (χ2n) is 14.6. The maximum absolute atomic E-state index is 14.0. The molecule has 1 saturated heterocycles. The number of carbonyl (C=O) groups excluding carboxylic acids is 4. The van der Waals surface area contributed by atoms with Crippen LogP contribution in [0.5, 0.6) is 17.2 Å². The summed E-state index contributed by atoms with van der Waals surface area (Å²) >= 11 is 0. The molecule has 3 aliphatic carbocycles. The number of nitrogens with one attached hydrogen (secondary N) is 1. The fourth-order valence-corrected chi connectivity index (χ4v) is 8.65. The van der Waals surface area contributed by atoms with Crippen molar-refractivity contribution < 1.29 is 63.7 Å². The summed E-state index contributed by atoms with van der Waals surface area (Å²) in [6.07, 6.45) is -7.04. The van der Waals surface area contributed by atoms with Crippen molar-refractivity contribution in [2.45, 2.75) is 68.3 Å². The average molecular weight is 766 g/mol. The first-order valence-corrected chi connectivity index (χ1v) is 18.2. The van der Waals surface area contributed by atoms with Crippen LogP contribution in [0, 0.1) is 0 Å². The molecule has 1 aliphatic heterocycles. The first kappa shape index (κ1) is 37.3. The second kappa shape index (κ2) is 14.1. The van der Waals surface area contributed by atoms with E-state index in [9.17, 15) is 44.7 Å². The number of amides is 1. The predicted molar refractivity (Wildman–Crippen MR) is 196 cm³/mol. The monoisotopic (exact) mass is 765 g/mol. The van der Waals surface area contributed by atoms with Crippen molar-refractivity contribution in [2.24, 2.45) is 0 Å². The molecule has 1 heterocycles. The zero-order valence-electron chi connectivity index (χ0n) is 30.4. The molecule has 0 spiro atoms. The van der Waals surface area contributed by atoms with Gasteiger partial charge in [-0.25, -0.2) is 4.79 Å². The molecule has 14 nitrogen and oxygen atoms in total. The molecule has 6 atom stereocenters. The molecule has 0 radical (unpaired) electrons. The van der Waals surface area contributed by atoms with Crippen LogP contribution in [0.4, 0.5) is 4.79 Å². The molecule has 6 N–H and O–H groups in total. The van der Waals surface area contributed by atoms with Crippen molar-refractivity contribution in [3.63, 3.8) is 0 Å². The van der Waals surface area contributed by atoms with Gasteiger partial charge in [0.15, 0.2) is 17.9 Å². The van der Waals surface area contributed by atoms with Crippen molar-refractivity contribution in [1.82, 2.24) is 5.32 Å². The number of aliphatic hydroxyl groups is 3. The van der Waals surface area contributed by atoms with E-state index in [4.69, 9.17) is 18.9 Å². The highest BCUT2D eigenvalue weighted by Crippen LogP contribution is 2.53. The number of ether oxygens (including phenoxy) is 4. The van der Waals surface area contributed by atoms with E-state index in [0.29, 0.717) is 0 Å². The Hall–Kier alpha value is -5.64. The van der Waals surface area contributed by atoms with Gasteiger partial charge >= 0.3 is 6.09 Å². The number of alkyl carbamates (subject to hydrolysis) is 1. The van der Waals surface area contributed by atoms with Gasteiger partial charge in [-0.05, 0) is 35.2 Å². The Morgan fingerprint density at radius 2 is 1.54 bits per heavy atom. The average Bonchev–Trinajstić information content (AvgIpc) is 3.51. The molecule has 1 fully saturated rings. The Labute approximate surface area is 320 Å². The largest absolute Gasteiger partial charge is 0.507 e. The Bertz CT molecular complexity index is 2260. The molecule has 4 unspecified atom stereocenters. The van der Waals surface area contributed by atoms with Crippen LogP contribution in [-0.4, -0.2) is 99.4 Å². The predicted octanol–water partition coefficient (Wildman–Crippen LogP) is 3.58. The van der Waals surface area contributed by atoms with Gasteiger partial charge in [-0.15, -0.1) is 0 Å². The van der Waals surface area contributed by atoms with Crippen molar-refractivity contribution >= 4 is 23.4 Å². The van der Waals surface area contributed by atoms with E-state index in [1.807, 2.05) is 48.5 Å². The second-order valence-corrected chi connectivity index (χ2v) is 14.6. The Morgan fingerprint density at radius 3 is 2.20 bits per heavy atom. The number of aromatic hydroxyl groups is 2. The van der Waals surface area contributed by atoms with E-state index in [2.05, 4.69) is 5.32 Å². The number of rotatable bonds is 8. The Morgan fingerprint density at radius 1 is 0.893 bits per heavy atom. The number of Topliss-reactive ketones (excluding diaryl/α,β-unsaturated/α-hetero) is 1. The zero-order valence-corrected chi connectivity index (χ0v) is 30.4. The molecule has 0 bridgehead atoms. The van der Waals surface area contributed by atoms with Gasteiger partial charge in [-0.1, -0.05) is 60.7 Å². The van der Waals surface area contributed by atoms with E-state index in [1.54, 1.807) is 6.92 Å². The van der Waals surface area contributed by atoms with E-state index >= 15 is 0 Å². The van der Waals surface area contributed by atoms with Gasteiger partial charge in [0.1, 0.15) is 42.2 Å². The van der Waals surface area contributed by atoms with Crippen molar-refractivity contribution in [3.05, 3.63) is 111 Å². The summed E-state index contributed by atoms with van der Waals surface area (Å²) in [5.74, 6) is -4.24. The summed E-state index contributed by atoms with van der Waals surface area (Å²) in [6.45, 7) is 0.494. The molecule has 14 heteroatoms. The molecule has 1 amide bonds. The van der Waals surface area contributed by atoms with Crippen molar-refractivity contribution in [3.8, 4) is 28.4 Å². The fourth-order valence-electron chi connectivity index (χ4n) is 8.65. The molecule has 4 aromatic rings. The van der Waals surface area contributed by atoms with Gasteiger partial charge in [0.2, 0.25) is 5.78 Å². The van der Waals surface area contributed by atoms with Gasteiger partial charge < -0.3 is 49.8 Å². The minimum absolute atomic E-state index is 0.0235. The first-order chi connectivity index (χ1) is 26.9. The third-order valence-corrected chi connectivity index (χ3v) is 11.4. The number of phenolic OH excluding ortho intramolecular Hbond substituents is 2. The molecule has 0 aromatic heterocycles. The number of hydrogen-bond acceptors (Lipinski definition) is 13. The lowest BCUT2D eigenvalue weighted by atomic mass is 9.72. The maximum atomic E-state index is 14.0. The summed E-state index contributed by atoms with van der Waals surface area (Å²) in [4.78, 5) is 54.0. The highest BCUT2D eigenvalue weighted by atomic mass is 16.7. The van der Waals surface area contributed by atoms with E-state index < -0.39 is 102 Å². The summed E-state index contributed by atoms with van der Waals surface area (Å²) in [7, 11) is 1.31. The van der Waals surface area contributed by atoms with Crippen LogP contribution in [0.2, 0.25) is 0 Å². The molecule has 290 valence electrons. The van der Waals surface area contributed by atoms with Crippen LogP contribution in [0.25, 0.3) is 11.1 Å². The third-order valence-electron chi connectivity index (χ3n) is 11.4. The van der Waals surface area contributed by atoms with Crippen LogP contribution in [-0.2, 0) is 25.4 Å². The van der Waals surface area contributed by atoms with Gasteiger partial charge in [-0.2, -0.15) is 0 Å². The lowest BCUT2D eigenvalue weighted by molar-refractivity contribution is -0.249. The number of fused-ring (bicyclic) bond motifs is 6. The molecule has 8 rings (SSSR count). The highest BCUT2D eigenvalue weighted by molar-refractivity contribution is 6.31. The molecule has 0 saturated carbocycles. The number of ketones is 3. The third kappa shape index (κ3) is 5.92. The normalized spacial score (nSPS) is 25.0. The number of benzene rings is 4. The van der Waals surface area contributed by atoms with Crippen LogP contribution in [0.1, 0.15) is 85.9 Å². The van der Waals surface area contributed by atoms with Gasteiger partial charge in [0.05, 0.1) is 42.0 Å². The lowest BCUT2D eigenvalue weighted by Crippen LogP contribution is -2.56.